The summed E-state index contributed by atoms with van der Waals surface area (Å²) in [6.45, 7) is 18.9. The van der Waals surface area contributed by atoms with E-state index in [4.69, 9.17) is 9.47 Å². The molecule has 2 aliphatic heterocycles. The molecule has 0 aromatic heterocycles. The summed E-state index contributed by atoms with van der Waals surface area (Å²) in [5, 5.41) is 0. The number of unbranched alkanes of at least 4 members (excludes halogenated alkanes) is 2. The van der Waals surface area contributed by atoms with Gasteiger partial charge < -0.3 is 14.4 Å². The normalized spacial score (nSPS) is 19.4. The summed E-state index contributed by atoms with van der Waals surface area (Å²) in [6.07, 6.45) is 19.1. The van der Waals surface area contributed by atoms with Gasteiger partial charge in [0.1, 0.15) is 5.76 Å². The maximum Gasteiger partial charge on any atom is 0.101 e. The van der Waals surface area contributed by atoms with Crippen molar-refractivity contribution in [2.24, 2.45) is 11.3 Å². The van der Waals surface area contributed by atoms with Gasteiger partial charge in [-0.25, -0.2) is 0 Å². The zero-order valence-corrected chi connectivity index (χ0v) is 22.2. The third kappa shape index (κ3) is 9.86. The third-order valence-corrected chi connectivity index (χ3v) is 8.29. The minimum atomic E-state index is 0.576. The molecule has 0 bridgehead atoms. The number of methoxy groups -OCH3 is 1. The highest BCUT2D eigenvalue weighted by Crippen LogP contribution is 2.36. The zero-order valence-electron chi connectivity index (χ0n) is 22.2. The van der Waals surface area contributed by atoms with Gasteiger partial charge in [-0.2, -0.15) is 0 Å². The van der Waals surface area contributed by atoms with E-state index < -0.39 is 0 Å². The second-order valence-corrected chi connectivity index (χ2v) is 10.1. The summed E-state index contributed by atoms with van der Waals surface area (Å²) in [6, 6.07) is 0. The van der Waals surface area contributed by atoms with Crippen molar-refractivity contribution in [3.8, 4) is 0 Å². The first kappa shape index (κ1) is 28.0. The molecule has 2 rings (SSSR count). The fraction of sp³-hybridized carbons (Fsp3) is 0.793. The number of hydrogen-bond donors (Lipinski definition) is 0. The van der Waals surface area contributed by atoms with Gasteiger partial charge in [0.15, 0.2) is 0 Å². The second kappa shape index (κ2) is 15.6. The molecule has 2 saturated heterocycles. The quantitative estimate of drug-likeness (QED) is 0.116. The third-order valence-electron chi connectivity index (χ3n) is 8.29. The minimum absolute atomic E-state index is 0.576. The standard InChI is InChI=1S/C29H52N2O2/c1-6-29(7-2,8-3)17-13-11-9-10-12-14-28(32-5)24-26(4)31-20-18-30(19-21-31)25-27-15-22-33-23-16-27/h10,12,24,27H,4,6-9,11,13-23,25H2,1-3,5H3/b12-10-,28-24+. The predicted molar refractivity (Wildman–Crippen MR) is 141 cm³/mol. The Morgan fingerprint density at radius 3 is 2.27 bits per heavy atom. The number of ether oxygens (including phenoxy) is 2. The Morgan fingerprint density at radius 1 is 1.00 bits per heavy atom. The van der Waals surface area contributed by atoms with E-state index >= 15 is 0 Å². The predicted octanol–water partition coefficient (Wildman–Crippen LogP) is 6.80. The summed E-state index contributed by atoms with van der Waals surface area (Å²) in [7, 11) is 1.78. The van der Waals surface area contributed by atoms with E-state index in [1.54, 1.807) is 7.11 Å². The number of hydrogen-bond acceptors (Lipinski definition) is 4. The largest absolute Gasteiger partial charge is 0.501 e. The van der Waals surface area contributed by atoms with Gasteiger partial charge in [0.25, 0.3) is 0 Å². The topological polar surface area (TPSA) is 24.9 Å². The molecular weight excluding hydrogens is 408 g/mol. The molecule has 190 valence electrons. The zero-order chi connectivity index (χ0) is 23.9. The van der Waals surface area contributed by atoms with Crippen molar-refractivity contribution in [3.05, 3.63) is 36.3 Å². The molecule has 2 heterocycles. The molecule has 0 N–H and O–H groups in total. The maximum atomic E-state index is 5.65. The van der Waals surface area contributed by atoms with Crippen molar-refractivity contribution in [1.82, 2.24) is 9.80 Å². The average molecular weight is 461 g/mol. The van der Waals surface area contributed by atoms with E-state index in [9.17, 15) is 0 Å². The van der Waals surface area contributed by atoms with Crippen LogP contribution in [0, 0.1) is 11.3 Å². The van der Waals surface area contributed by atoms with Gasteiger partial charge in [-0.15, -0.1) is 0 Å². The molecule has 33 heavy (non-hydrogen) atoms. The molecule has 0 aliphatic carbocycles. The molecule has 0 spiro atoms. The van der Waals surface area contributed by atoms with Crippen LogP contribution in [0.25, 0.3) is 0 Å². The lowest BCUT2D eigenvalue weighted by Gasteiger charge is -2.38. The van der Waals surface area contributed by atoms with Crippen LogP contribution in [0.3, 0.4) is 0 Å². The summed E-state index contributed by atoms with van der Waals surface area (Å²) in [5.74, 6) is 1.82. The van der Waals surface area contributed by atoms with Crippen molar-refractivity contribution < 1.29 is 9.47 Å². The maximum absolute atomic E-state index is 5.65. The van der Waals surface area contributed by atoms with E-state index in [1.807, 2.05) is 0 Å². The highest BCUT2D eigenvalue weighted by atomic mass is 16.5. The molecule has 0 aromatic carbocycles. The van der Waals surface area contributed by atoms with Crippen LogP contribution in [0.5, 0.6) is 0 Å². The van der Waals surface area contributed by atoms with Crippen LogP contribution >= 0.6 is 0 Å². The van der Waals surface area contributed by atoms with E-state index in [-0.39, 0.29) is 0 Å². The number of rotatable bonds is 15. The molecule has 0 amide bonds. The molecule has 0 atom stereocenters. The fourth-order valence-corrected chi connectivity index (χ4v) is 5.35. The van der Waals surface area contributed by atoms with Crippen LogP contribution in [-0.4, -0.2) is 62.8 Å². The van der Waals surface area contributed by atoms with Crippen molar-refractivity contribution in [2.75, 3.05) is 53.0 Å². The Balaban J connectivity index is 1.66. The van der Waals surface area contributed by atoms with Crippen LogP contribution in [0.15, 0.2) is 36.3 Å². The number of nitrogens with zero attached hydrogens (tertiary/aromatic N) is 2. The highest BCUT2D eigenvalue weighted by Gasteiger charge is 2.23. The number of allylic oxidation sites excluding steroid dienone is 3. The Hall–Kier alpha value is -1.26. The first-order valence-electron chi connectivity index (χ1n) is 13.7. The lowest BCUT2D eigenvalue weighted by atomic mass is 9.75. The molecule has 4 heteroatoms. The first-order valence-corrected chi connectivity index (χ1v) is 13.7. The molecule has 2 aliphatic rings. The SMILES string of the molecule is C=C(/C=C(\C/C=C\CCCCC(CC)(CC)CC)OC)N1CCN(CC2CCOCC2)CC1. The molecule has 0 saturated carbocycles. The van der Waals surface area contributed by atoms with Crippen LogP contribution in [-0.2, 0) is 9.47 Å². The molecule has 0 unspecified atom stereocenters. The van der Waals surface area contributed by atoms with Crippen LogP contribution in [0.2, 0.25) is 0 Å². The van der Waals surface area contributed by atoms with Crippen molar-refractivity contribution in [1.29, 1.82) is 0 Å². The summed E-state index contributed by atoms with van der Waals surface area (Å²) in [4.78, 5) is 5.03. The van der Waals surface area contributed by atoms with E-state index in [0.29, 0.717) is 5.41 Å². The van der Waals surface area contributed by atoms with Crippen LogP contribution in [0.4, 0.5) is 0 Å². The van der Waals surface area contributed by atoms with E-state index in [0.717, 1.165) is 63.2 Å². The summed E-state index contributed by atoms with van der Waals surface area (Å²) >= 11 is 0. The lowest BCUT2D eigenvalue weighted by molar-refractivity contribution is 0.0454. The van der Waals surface area contributed by atoms with Gasteiger partial charge in [0, 0.05) is 58.1 Å². The summed E-state index contributed by atoms with van der Waals surface area (Å²) in [5.41, 5.74) is 1.66. The molecule has 0 aromatic rings. The van der Waals surface area contributed by atoms with Crippen LogP contribution < -0.4 is 0 Å². The average Bonchev–Trinajstić information content (AvgIpc) is 2.86. The molecule has 2 fully saturated rings. The fourth-order valence-electron chi connectivity index (χ4n) is 5.35. The Morgan fingerprint density at radius 2 is 1.67 bits per heavy atom. The monoisotopic (exact) mass is 460 g/mol. The lowest BCUT2D eigenvalue weighted by Crippen LogP contribution is -2.47. The highest BCUT2D eigenvalue weighted by molar-refractivity contribution is 5.19. The van der Waals surface area contributed by atoms with Gasteiger partial charge in [0.2, 0.25) is 0 Å². The Labute approximate surface area is 205 Å². The van der Waals surface area contributed by atoms with E-state index in [1.165, 1.54) is 64.3 Å². The van der Waals surface area contributed by atoms with Crippen molar-refractivity contribution in [3.63, 3.8) is 0 Å². The van der Waals surface area contributed by atoms with Gasteiger partial charge in [-0.3, -0.25) is 4.90 Å². The molecule has 0 radical (unpaired) electrons. The van der Waals surface area contributed by atoms with Crippen LogP contribution in [0.1, 0.15) is 85.0 Å². The van der Waals surface area contributed by atoms with Crippen molar-refractivity contribution in [2.45, 2.75) is 85.0 Å². The molecule has 4 nitrogen and oxygen atoms in total. The molecular formula is C29H52N2O2. The first-order chi connectivity index (χ1) is 16.1. The van der Waals surface area contributed by atoms with Gasteiger partial charge in [-0.1, -0.05) is 65.2 Å². The van der Waals surface area contributed by atoms with Gasteiger partial charge in [-0.05, 0) is 49.5 Å². The van der Waals surface area contributed by atoms with Gasteiger partial charge in [0.05, 0.1) is 7.11 Å². The second-order valence-electron chi connectivity index (χ2n) is 10.1. The van der Waals surface area contributed by atoms with E-state index in [2.05, 4.69) is 55.4 Å². The summed E-state index contributed by atoms with van der Waals surface area (Å²) < 4.78 is 11.2. The number of piperazine rings is 1. The smallest absolute Gasteiger partial charge is 0.101 e. The Kier molecular flexibility index (Phi) is 13.2. The minimum Gasteiger partial charge on any atom is -0.501 e. The van der Waals surface area contributed by atoms with Crippen molar-refractivity contribution >= 4 is 0 Å². The Bertz CT molecular complexity index is 586. The van der Waals surface area contributed by atoms with Gasteiger partial charge >= 0.3 is 0 Å².